The Hall–Kier alpha value is -12.1. The van der Waals surface area contributed by atoms with Crippen LogP contribution in [0.4, 0.5) is 52.4 Å². The van der Waals surface area contributed by atoms with Crippen molar-refractivity contribution in [2.75, 3.05) is 126 Å². The number of anilines is 9. The van der Waals surface area contributed by atoms with Gasteiger partial charge in [-0.15, -0.1) is 15.3 Å². The molecule has 35 nitrogen and oxygen atoms in total. The van der Waals surface area contributed by atoms with Gasteiger partial charge in [0, 0.05) is 149 Å². The van der Waals surface area contributed by atoms with E-state index in [1.165, 1.54) is 0 Å². The van der Waals surface area contributed by atoms with Crippen LogP contribution in [0.1, 0.15) is 51.3 Å². The van der Waals surface area contributed by atoms with Gasteiger partial charge in [0.05, 0.1) is 105 Å². The number of amides is 3. The number of morpholine rings is 1. The van der Waals surface area contributed by atoms with Crippen molar-refractivity contribution in [3.63, 3.8) is 0 Å². The molecular weight excluding hydrogens is 1380 g/mol. The average Bonchev–Trinajstić information content (AvgIpc) is 1.64. The van der Waals surface area contributed by atoms with Gasteiger partial charge in [-0.1, -0.05) is 13.8 Å². The van der Waals surface area contributed by atoms with E-state index in [0.717, 1.165) is 136 Å². The molecule has 35 heteroatoms. The first-order chi connectivity index (χ1) is 52.1. The van der Waals surface area contributed by atoms with Gasteiger partial charge in [0.2, 0.25) is 35.6 Å². The molecule has 14 heterocycles. The molecule has 2 aliphatic heterocycles. The van der Waals surface area contributed by atoms with Crippen LogP contribution in [-0.4, -0.2) is 239 Å². The third kappa shape index (κ3) is 16.8. The van der Waals surface area contributed by atoms with E-state index < -0.39 is 0 Å². The Kier molecular flexibility index (Phi) is 23.5. The SMILES string of the molecule is CCN(CC)[C@H](C)C(=O)Nc1nccc2c(-c3nc(Nc4cn(C)nc4OC)ncc3C)c[nH]c12.COc1nn(C)cc1Nc1ncc(C)c(-c2c[nH]c3c(NC(=O)[C@@H](C)N4CCN(C)CC4)nccc23)n1.COc1nn(C)cc1Nc1ncc(C)c(-c2c[nH]c3c(NC(=O)[C@@H](C)N4CCOCC4)nccc23)n1. The van der Waals surface area contributed by atoms with Crippen LogP contribution >= 0.6 is 0 Å². The summed E-state index contributed by atoms with van der Waals surface area (Å²) < 4.78 is 26.3. The monoisotopic (exact) mass is 1470 g/mol. The van der Waals surface area contributed by atoms with E-state index in [0.29, 0.717) is 83.2 Å². The number of pyridine rings is 3. The van der Waals surface area contributed by atoms with E-state index in [2.05, 4.69) is 119 Å². The number of rotatable bonds is 23. The van der Waals surface area contributed by atoms with Gasteiger partial charge in [-0.2, -0.15) is 0 Å². The molecule has 14 rings (SSSR count). The second kappa shape index (κ2) is 33.6. The standard InChI is InChI=1S/C25H32N10O2.C24H29N9O3.C24H31N9O2/c1-15-12-28-25(29-19-14-34(4)32-24(19)37-5)30-20(15)18-13-27-21-17(18)6-7-26-22(21)31-23(36)16(2)35-10-8-33(3)9-11-35;1-14-11-27-24(28-18-13-32(3)31-23(18)35-4)29-19(14)17-12-26-20-16(17)5-6-25-21(20)30-22(34)15(2)33-7-9-36-10-8-33;1-7-33(8-2)15(4)22(34)30-21-20-16(9-10-25-21)17(12-26-20)19-14(3)11-27-24(29-19)28-18-13-32(5)31-23(18)35-6/h6-7,12-14,16,27H,8-11H2,1-5H3,(H,26,31,36)(H,28,29,30);5-6,11-13,15,26H,7-10H2,1-4H3,(H,25,30,34)(H,27,28,29);9-13,15,26H,7-8H2,1-6H3,(H,25,30,34)(H,27,28,29)/t16-;2*15-/m111/s1. The van der Waals surface area contributed by atoms with Gasteiger partial charge in [-0.05, 0) is 96.6 Å². The Bertz CT molecular complexity index is 5160. The first kappa shape index (κ1) is 75.6. The van der Waals surface area contributed by atoms with Crippen LogP contribution in [0.25, 0.3) is 66.5 Å². The van der Waals surface area contributed by atoms with Crippen molar-refractivity contribution in [3.05, 3.63) is 109 Å². The molecule has 3 atom stereocenters. The molecular formula is C73H92N28O7. The number of ether oxygens (including phenoxy) is 4. The molecule has 12 aromatic heterocycles. The largest absolute Gasteiger partial charge is 0.478 e. The predicted octanol–water partition coefficient (Wildman–Crippen LogP) is 8.34. The van der Waals surface area contributed by atoms with Gasteiger partial charge in [0.25, 0.3) is 17.6 Å². The Morgan fingerprint density at radius 2 is 0.824 bits per heavy atom. The van der Waals surface area contributed by atoms with E-state index in [9.17, 15) is 14.4 Å². The quantitative estimate of drug-likeness (QED) is 0.0290. The minimum absolute atomic E-state index is 0.0733. The van der Waals surface area contributed by atoms with Gasteiger partial charge < -0.3 is 70.7 Å². The smallest absolute Gasteiger partial charge is 0.256 e. The number of aryl methyl sites for hydroxylation is 6. The molecule has 2 aliphatic rings. The van der Waals surface area contributed by atoms with E-state index >= 15 is 0 Å². The maximum Gasteiger partial charge on any atom is 0.256 e. The minimum atomic E-state index is -0.289. The van der Waals surface area contributed by atoms with E-state index in [4.69, 9.17) is 33.9 Å². The van der Waals surface area contributed by atoms with Crippen molar-refractivity contribution in [1.82, 2.24) is 109 Å². The number of hydrogen-bond acceptors (Lipinski definition) is 26. The van der Waals surface area contributed by atoms with Gasteiger partial charge in [0.1, 0.15) is 17.1 Å². The van der Waals surface area contributed by atoms with E-state index in [-0.39, 0.29) is 35.8 Å². The highest BCUT2D eigenvalue weighted by Crippen LogP contribution is 2.38. The highest BCUT2D eigenvalue weighted by molar-refractivity contribution is 6.08. The highest BCUT2D eigenvalue weighted by Gasteiger charge is 2.29. The topological polar surface area (TPSA) is 390 Å². The van der Waals surface area contributed by atoms with Crippen LogP contribution in [-0.2, 0) is 40.3 Å². The summed E-state index contributed by atoms with van der Waals surface area (Å²) in [6.45, 7) is 23.7. The Labute approximate surface area is 623 Å². The van der Waals surface area contributed by atoms with Gasteiger partial charge in [-0.25, -0.2) is 44.9 Å². The number of H-pyrrole nitrogens is 3. The number of nitrogens with one attached hydrogen (secondary N) is 9. The van der Waals surface area contributed by atoms with Crippen molar-refractivity contribution in [2.24, 2.45) is 21.1 Å². The van der Waals surface area contributed by atoms with E-state index in [1.807, 2.05) is 113 Å². The van der Waals surface area contributed by atoms with Crippen molar-refractivity contribution >= 4 is 103 Å². The fourth-order valence-corrected chi connectivity index (χ4v) is 12.9. The number of aromatic nitrogens is 18. The van der Waals surface area contributed by atoms with Crippen molar-refractivity contribution in [1.29, 1.82) is 0 Å². The van der Waals surface area contributed by atoms with E-state index in [1.54, 1.807) is 91.1 Å². The zero-order chi connectivity index (χ0) is 76.4. The lowest BCUT2D eigenvalue weighted by Gasteiger charge is -2.35. The number of aromatic amines is 3. The number of carbonyl (C=O) groups excluding carboxylic acids is 3. The normalized spacial score (nSPS) is 14.3. The fraction of sp³-hybridized carbons (Fsp3) is 0.384. The molecule has 0 unspecified atom stereocenters. The lowest BCUT2D eigenvalue weighted by atomic mass is 10.1. The number of carbonyl (C=O) groups is 3. The second-order valence-corrected chi connectivity index (χ2v) is 26.3. The maximum atomic E-state index is 13.1. The lowest BCUT2D eigenvalue weighted by Crippen LogP contribution is -2.51. The van der Waals surface area contributed by atoms with Crippen molar-refractivity contribution < 1.29 is 33.3 Å². The lowest BCUT2D eigenvalue weighted by molar-refractivity contribution is -0.122. The number of nitrogens with zero attached hydrogens (tertiary/aromatic N) is 19. The third-order valence-electron chi connectivity index (χ3n) is 19.1. The average molecular weight is 1470 g/mol. The molecule has 0 saturated carbocycles. The second-order valence-electron chi connectivity index (χ2n) is 26.3. The first-order valence-corrected chi connectivity index (χ1v) is 35.5. The maximum absolute atomic E-state index is 13.1. The molecule has 108 heavy (non-hydrogen) atoms. The molecule has 9 N–H and O–H groups in total. The zero-order valence-corrected chi connectivity index (χ0v) is 63.3. The molecule has 2 saturated heterocycles. The molecule has 0 radical (unpaired) electrons. The van der Waals surface area contributed by atoms with Crippen LogP contribution in [0.3, 0.4) is 0 Å². The van der Waals surface area contributed by atoms with Crippen molar-refractivity contribution in [2.45, 2.75) is 73.5 Å². The Morgan fingerprint density at radius 1 is 0.491 bits per heavy atom. The summed E-state index contributed by atoms with van der Waals surface area (Å²) in [4.78, 5) is 98.3. The summed E-state index contributed by atoms with van der Waals surface area (Å²) in [6, 6.07) is 4.92. The summed E-state index contributed by atoms with van der Waals surface area (Å²) in [7, 11) is 12.2. The highest BCUT2D eigenvalue weighted by atomic mass is 16.5. The summed E-state index contributed by atoms with van der Waals surface area (Å²) in [5, 5.41) is 34.0. The number of hydrogen-bond donors (Lipinski definition) is 9. The Balaban J connectivity index is 0.000000151. The van der Waals surface area contributed by atoms with Crippen molar-refractivity contribution in [3.8, 4) is 51.4 Å². The number of fused-ring (bicyclic) bond motifs is 3. The molecule has 0 bridgehead atoms. The number of likely N-dealkylation sites (N-methyl/N-ethyl adjacent to an activating group) is 2. The van der Waals surface area contributed by atoms with Crippen LogP contribution in [0.5, 0.6) is 17.6 Å². The van der Waals surface area contributed by atoms with Gasteiger partial charge in [-0.3, -0.25) is 43.1 Å². The van der Waals surface area contributed by atoms with Crippen LogP contribution < -0.4 is 46.1 Å². The van der Waals surface area contributed by atoms with Crippen LogP contribution in [0.2, 0.25) is 0 Å². The molecule has 2 fully saturated rings. The number of methoxy groups -OCH3 is 3. The number of piperazine rings is 1. The summed E-state index contributed by atoms with van der Waals surface area (Å²) in [5.74, 6) is 3.81. The summed E-state index contributed by atoms with van der Waals surface area (Å²) in [6.07, 6.45) is 21.4. The fourth-order valence-electron chi connectivity index (χ4n) is 12.9. The first-order valence-electron chi connectivity index (χ1n) is 35.5. The summed E-state index contributed by atoms with van der Waals surface area (Å²) >= 11 is 0. The van der Waals surface area contributed by atoms with Crippen LogP contribution in [0.15, 0.2) is 92.6 Å². The van der Waals surface area contributed by atoms with Crippen LogP contribution in [0, 0.1) is 20.8 Å². The molecule has 0 aliphatic carbocycles. The zero-order valence-electron chi connectivity index (χ0n) is 63.3. The molecule has 0 spiro atoms. The Morgan fingerprint density at radius 3 is 1.16 bits per heavy atom. The van der Waals surface area contributed by atoms with Gasteiger partial charge >= 0.3 is 0 Å². The minimum Gasteiger partial charge on any atom is -0.478 e. The molecule has 566 valence electrons. The van der Waals surface area contributed by atoms with Gasteiger partial charge in [0.15, 0.2) is 17.5 Å². The predicted molar refractivity (Wildman–Crippen MR) is 413 cm³/mol. The summed E-state index contributed by atoms with van der Waals surface area (Å²) in [5.41, 5.74) is 11.9. The molecule has 12 aromatic rings. The molecule has 0 aromatic carbocycles. The third-order valence-corrected chi connectivity index (χ3v) is 19.1. The molecule has 3 amide bonds.